The maximum Gasteiger partial charge on any atom is 0.253 e. The van der Waals surface area contributed by atoms with Crippen LogP contribution in [0, 0.1) is 5.92 Å². The van der Waals surface area contributed by atoms with Gasteiger partial charge in [0.2, 0.25) is 5.91 Å². The number of likely N-dealkylation sites (tertiary alicyclic amines) is 1. The van der Waals surface area contributed by atoms with Crippen LogP contribution in [0.4, 0.5) is 5.69 Å². The summed E-state index contributed by atoms with van der Waals surface area (Å²) in [6.07, 6.45) is 1.21. The number of hydrogen-bond acceptors (Lipinski definition) is 4. The van der Waals surface area contributed by atoms with Crippen molar-refractivity contribution in [2.75, 3.05) is 31.6 Å². The molecule has 2 aromatic carbocycles. The third-order valence-corrected chi connectivity index (χ3v) is 5.98. The maximum absolute atomic E-state index is 12.7. The number of anilines is 1. The molecule has 2 aliphatic rings. The summed E-state index contributed by atoms with van der Waals surface area (Å²) in [5, 5.41) is 3.30. The van der Waals surface area contributed by atoms with E-state index in [2.05, 4.69) is 21.2 Å². The molecule has 2 amide bonds. The number of nitrogens with zero attached hydrogens (tertiary/aromatic N) is 1. The Bertz CT molecular complexity index is 927. The van der Waals surface area contributed by atoms with Crippen LogP contribution in [-0.4, -0.2) is 43.0 Å². The molecule has 1 N–H and O–H groups in total. The molecule has 152 valence electrons. The third-order valence-electron chi connectivity index (χ3n) is 5.13. The van der Waals surface area contributed by atoms with Crippen LogP contribution in [0.15, 0.2) is 40.9 Å². The first kappa shape index (κ1) is 20.0. The highest BCUT2D eigenvalue weighted by Gasteiger charge is 2.28. The predicted molar refractivity (Wildman–Crippen MR) is 114 cm³/mol. The van der Waals surface area contributed by atoms with E-state index in [1.165, 1.54) is 0 Å². The van der Waals surface area contributed by atoms with Crippen molar-refractivity contribution in [1.29, 1.82) is 0 Å². The lowest BCUT2D eigenvalue weighted by atomic mass is 9.95. The second-order valence-electron chi connectivity index (χ2n) is 7.04. The Hall–Kier alpha value is -2.25. The van der Waals surface area contributed by atoms with Gasteiger partial charge in [-0.15, -0.1) is 0 Å². The van der Waals surface area contributed by atoms with Crippen LogP contribution in [0.1, 0.15) is 23.2 Å². The lowest BCUT2D eigenvalue weighted by molar-refractivity contribution is -0.121. The second kappa shape index (κ2) is 8.63. The van der Waals surface area contributed by atoms with Crippen molar-refractivity contribution in [3.63, 3.8) is 0 Å². The minimum atomic E-state index is -0.173. The first-order valence-corrected chi connectivity index (χ1v) is 10.6. The summed E-state index contributed by atoms with van der Waals surface area (Å²) in [6.45, 7) is 2.03. The lowest BCUT2D eigenvalue weighted by Gasteiger charge is -2.31. The van der Waals surface area contributed by atoms with Gasteiger partial charge in [0.1, 0.15) is 13.2 Å². The average molecular weight is 480 g/mol. The number of ether oxygens (including phenoxy) is 2. The molecular formula is C21H20BrClN2O4. The van der Waals surface area contributed by atoms with Crippen LogP contribution in [0.5, 0.6) is 11.5 Å². The van der Waals surface area contributed by atoms with Crippen LogP contribution in [0.25, 0.3) is 0 Å². The summed E-state index contributed by atoms with van der Waals surface area (Å²) in [5.41, 5.74) is 1.16. The van der Waals surface area contributed by atoms with Gasteiger partial charge in [-0.1, -0.05) is 27.5 Å². The predicted octanol–water partition coefficient (Wildman–Crippen LogP) is 4.36. The highest BCUT2D eigenvalue weighted by molar-refractivity contribution is 9.10. The molecule has 0 atom stereocenters. The van der Waals surface area contributed by atoms with E-state index < -0.39 is 0 Å². The standard InChI is InChI=1S/C21H20BrClN2O4/c22-15-3-1-14(2-4-15)21(27)25-7-5-13(6-8-25)20(26)24-17-12-19-18(11-16(17)23)28-9-10-29-19/h1-4,11-13H,5-10H2,(H,24,26). The number of hydrogen-bond donors (Lipinski definition) is 1. The van der Waals surface area contributed by atoms with Crippen LogP contribution in [0.2, 0.25) is 5.02 Å². The molecule has 0 saturated carbocycles. The quantitative estimate of drug-likeness (QED) is 0.710. The molecule has 1 saturated heterocycles. The SMILES string of the molecule is O=C(Nc1cc2c(cc1Cl)OCCO2)C1CCN(C(=O)c2ccc(Br)cc2)CC1. The number of fused-ring (bicyclic) bond motifs is 1. The van der Waals surface area contributed by atoms with Gasteiger partial charge in [-0.05, 0) is 37.1 Å². The van der Waals surface area contributed by atoms with Gasteiger partial charge in [0, 0.05) is 41.2 Å². The second-order valence-corrected chi connectivity index (χ2v) is 8.36. The van der Waals surface area contributed by atoms with Crippen molar-refractivity contribution in [1.82, 2.24) is 4.90 Å². The molecule has 2 aliphatic heterocycles. The number of nitrogens with one attached hydrogen (secondary N) is 1. The zero-order chi connectivity index (χ0) is 20.4. The summed E-state index contributed by atoms with van der Waals surface area (Å²) in [5.74, 6) is 0.878. The molecule has 0 unspecified atom stereocenters. The minimum absolute atomic E-state index is 0.00811. The zero-order valence-corrected chi connectivity index (χ0v) is 18.0. The molecule has 0 aromatic heterocycles. The van der Waals surface area contributed by atoms with E-state index in [9.17, 15) is 9.59 Å². The van der Waals surface area contributed by atoms with Gasteiger partial charge < -0.3 is 19.7 Å². The number of carbonyl (C=O) groups is 2. The summed E-state index contributed by atoms with van der Waals surface area (Å²) >= 11 is 9.65. The minimum Gasteiger partial charge on any atom is -0.486 e. The summed E-state index contributed by atoms with van der Waals surface area (Å²) < 4.78 is 12.0. The van der Waals surface area contributed by atoms with Crippen molar-refractivity contribution in [3.8, 4) is 11.5 Å². The van der Waals surface area contributed by atoms with Crippen LogP contribution >= 0.6 is 27.5 Å². The van der Waals surface area contributed by atoms with Gasteiger partial charge in [-0.25, -0.2) is 0 Å². The molecular weight excluding hydrogens is 460 g/mol. The number of amides is 2. The van der Waals surface area contributed by atoms with Gasteiger partial charge in [-0.3, -0.25) is 9.59 Å². The Morgan fingerprint density at radius 1 is 1.03 bits per heavy atom. The van der Waals surface area contributed by atoms with Crippen LogP contribution in [-0.2, 0) is 4.79 Å². The topological polar surface area (TPSA) is 67.9 Å². The largest absolute Gasteiger partial charge is 0.486 e. The van der Waals surface area contributed by atoms with E-state index in [4.69, 9.17) is 21.1 Å². The van der Waals surface area contributed by atoms with E-state index in [1.54, 1.807) is 29.2 Å². The van der Waals surface area contributed by atoms with E-state index in [0.717, 1.165) is 4.47 Å². The summed E-state index contributed by atoms with van der Waals surface area (Å²) in [4.78, 5) is 27.1. The van der Waals surface area contributed by atoms with E-state index in [1.807, 2.05) is 12.1 Å². The molecule has 0 spiro atoms. The highest BCUT2D eigenvalue weighted by Crippen LogP contribution is 2.38. The highest BCUT2D eigenvalue weighted by atomic mass is 79.9. The van der Waals surface area contributed by atoms with Gasteiger partial charge in [-0.2, -0.15) is 0 Å². The van der Waals surface area contributed by atoms with Crippen molar-refractivity contribution in [2.24, 2.45) is 5.92 Å². The van der Waals surface area contributed by atoms with E-state index >= 15 is 0 Å². The van der Waals surface area contributed by atoms with Crippen molar-refractivity contribution >= 4 is 45.0 Å². The van der Waals surface area contributed by atoms with Gasteiger partial charge in [0.15, 0.2) is 11.5 Å². The fourth-order valence-corrected chi connectivity index (χ4v) is 3.98. The molecule has 1 fully saturated rings. The Balaban J connectivity index is 1.36. The molecule has 2 heterocycles. The fourth-order valence-electron chi connectivity index (χ4n) is 3.51. The molecule has 6 nitrogen and oxygen atoms in total. The number of rotatable bonds is 3. The molecule has 8 heteroatoms. The summed E-state index contributed by atoms with van der Waals surface area (Å²) in [6, 6.07) is 10.7. The van der Waals surface area contributed by atoms with Crippen molar-refractivity contribution in [2.45, 2.75) is 12.8 Å². The zero-order valence-electron chi connectivity index (χ0n) is 15.6. The molecule has 2 aromatic rings. The summed E-state index contributed by atoms with van der Waals surface area (Å²) in [7, 11) is 0. The Morgan fingerprint density at radius 2 is 1.66 bits per heavy atom. The maximum atomic E-state index is 12.7. The van der Waals surface area contributed by atoms with Crippen molar-refractivity contribution in [3.05, 3.63) is 51.5 Å². The van der Waals surface area contributed by atoms with Crippen molar-refractivity contribution < 1.29 is 19.1 Å². The molecule has 0 bridgehead atoms. The first-order chi connectivity index (χ1) is 14.0. The Kier molecular flexibility index (Phi) is 5.96. The molecule has 29 heavy (non-hydrogen) atoms. The van der Waals surface area contributed by atoms with Crippen LogP contribution < -0.4 is 14.8 Å². The van der Waals surface area contributed by atoms with E-state index in [0.29, 0.717) is 66.9 Å². The van der Waals surface area contributed by atoms with Crippen LogP contribution in [0.3, 0.4) is 0 Å². The molecule has 4 rings (SSSR count). The Labute approximate surface area is 182 Å². The lowest BCUT2D eigenvalue weighted by Crippen LogP contribution is -2.41. The van der Waals surface area contributed by atoms with Gasteiger partial charge >= 0.3 is 0 Å². The molecule has 0 radical (unpaired) electrons. The smallest absolute Gasteiger partial charge is 0.253 e. The Morgan fingerprint density at radius 3 is 2.31 bits per heavy atom. The fraction of sp³-hybridized carbons (Fsp3) is 0.333. The first-order valence-electron chi connectivity index (χ1n) is 9.46. The number of benzene rings is 2. The monoisotopic (exact) mass is 478 g/mol. The average Bonchev–Trinajstić information content (AvgIpc) is 2.74. The number of carbonyl (C=O) groups excluding carboxylic acids is 2. The number of halogens is 2. The van der Waals surface area contributed by atoms with E-state index in [-0.39, 0.29) is 17.7 Å². The van der Waals surface area contributed by atoms with Gasteiger partial charge in [0.25, 0.3) is 5.91 Å². The number of piperidine rings is 1. The van der Waals surface area contributed by atoms with Gasteiger partial charge in [0.05, 0.1) is 10.7 Å². The third kappa shape index (κ3) is 4.51. The normalized spacial score (nSPS) is 16.4. The molecule has 0 aliphatic carbocycles.